The Morgan fingerprint density at radius 1 is 0.634 bits per heavy atom. The van der Waals surface area contributed by atoms with Crippen molar-refractivity contribution in [3.05, 3.63) is 60.2 Å². The average Bonchev–Trinajstić information content (AvgIpc) is 2.94. The topological polar surface area (TPSA) is 105 Å². The number of ether oxygens (including phenoxy) is 4. The van der Waals surface area contributed by atoms with E-state index in [9.17, 15) is 19.2 Å². The lowest BCUT2D eigenvalue weighted by atomic mass is 9.85. The molecule has 0 saturated heterocycles. The van der Waals surface area contributed by atoms with Gasteiger partial charge in [-0.25, -0.2) is 4.79 Å². The van der Waals surface area contributed by atoms with Crippen molar-refractivity contribution in [3.8, 4) is 11.1 Å². The molecule has 0 spiro atoms. The number of benzene rings is 2. The largest absolute Gasteiger partial charge is 0.465 e. The SMILES string of the molecule is CC(C)OC(=O)C(C)C(CC(C)C(=O)OCCCCCOC(=O)c1ccccc1-c1ccccc1)C(=O)OC(C)C. The Balaban J connectivity index is 1.77. The maximum Gasteiger partial charge on any atom is 0.338 e. The summed E-state index contributed by atoms with van der Waals surface area (Å²) in [4.78, 5) is 50.5. The third-order valence-electron chi connectivity index (χ3n) is 6.49. The zero-order chi connectivity index (χ0) is 30.4. The van der Waals surface area contributed by atoms with Crippen LogP contribution in [0.4, 0.5) is 0 Å². The van der Waals surface area contributed by atoms with Gasteiger partial charge in [-0.2, -0.15) is 0 Å². The van der Waals surface area contributed by atoms with Gasteiger partial charge in [-0.1, -0.05) is 62.4 Å². The van der Waals surface area contributed by atoms with E-state index in [-0.39, 0.29) is 37.8 Å². The molecular weight excluding hydrogens is 524 g/mol. The third-order valence-corrected chi connectivity index (χ3v) is 6.49. The summed E-state index contributed by atoms with van der Waals surface area (Å²) >= 11 is 0. The van der Waals surface area contributed by atoms with Crippen molar-refractivity contribution < 1.29 is 38.1 Å². The first-order chi connectivity index (χ1) is 19.5. The highest BCUT2D eigenvalue weighted by Gasteiger charge is 2.36. The first-order valence-electron chi connectivity index (χ1n) is 14.4. The first kappa shape index (κ1) is 33.5. The predicted octanol–water partition coefficient (Wildman–Crippen LogP) is 6.41. The number of esters is 4. The van der Waals surface area contributed by atoms with E-state index in [1.807, 2.05) is 48.5 Å². The molecule has 0 aliphatic carbocycles. The molecule has 0 aliphatic heterocycles. The fourth-order valence-corrected chi connectivity index (χ4v) is 4.27. The monoisotopic (exact) mass is 568 g/mol. The van der Waals surface area contributed by atoms with Gasteiger partial charge >= 0.3 is 23.9 Å². The van der Waals surface area contributed by atoms with Gasteiger partial charge in [-0.15, -0.1) is 0 Å². The van der Waals surface area contributed by atoms with Crippen LogP contribution in [0, 0.1) is 17.8 Å². The van der Waals surface area contributed by atoms with Crippen LogP contribution in [0.15, 0.2) is 54.6 Å². The molecule has 0 N–H and O–H groups in total. The summed E-state index contributed by atoms with van der Waals surface area (Å²) in [7, 11) is 0. The van der Waals surface area contributed by atoms with E-state index < -0.39 is 35.7 Å². The second-order valence-corrected chi connectivity index (χ2v) is 10.8. The minimum atomic E-state index is -0.826. The molecule has 224 valence electrons. The van der Waals surface area contributed by atoms with Crippen molar-refractivity contribution in [1.29, 1.82) is 0 Å². The van der Waals surface area contributed by atoms with Crippen molar-refractivity contribution in [2.24, 2.45) is 17.8 Å². The summed E-state index contributed by atoms with van der Waals surface area (Å²) in [5.41, 5.74) is 2.29. The second-order valence-electron chi connectivity index (χ2n) is 10.8. The Morgan fingerprint density at radius 3 is 1.83 bits per heavy atom. The van der Waals surface area contributed by atoms with Crippen LogP contribution in [0.25, 0.3) is 11.1 Å². The van der Waals surface area contributed by atoms with Crippen LogP contribution in [0.3, 0.4) is 0 Å². The molecule has 0 saturated carbocycles. The van der Waals surface area contributed by atoms with E-state index in [2.05, 4.69) is 0 Å². The summed E-state index contributed by atoms with van der Waals surface area (Å²) < 4.78 is 21.5. The maximum atomic E-state index is 12.7. The summed E-state index contributed by atoms with van der Waals surface area (Å²) in [6.07, 6.45) is 1.38. The molecule has 0 heterocycles. The van der Waals surface area contributed by atoms with E-state index in [1.165, 1.54) is 0 Å². The maximum absolute atomic E-state index is 12.7. The fraction of sp³-hybridized carbons (Fsp3) is 0.515. The van der Waals surface area contributed by atoms with Crippen LogP contribution in [0.5, 0.6) is 0 Å². The highest BCUT2D eigenvalue weighted by Crippen LogP contribution is 2.26. The average molecular weight is 569 g/mol. The molecule has 3 atom stereocenters. The van der Waals surface area contributed by atoms with Crippen molar-refractivity contribution in [1.82, 2.24) is 0 Å². The molecular formula is C33H44O8. The summed E-state index contributed by atoms with van der Waals surface area (Å²) in [5.74, 6) is -4.05. The van der Waals surface area contributed by atoms with Gasteiger partial charge in [0, 0.05) is 0 Å². The Morgan fingerprint density at radius 2 is 1.20 bits per heavy atom. The Hall–Kier alpha value is -3.68. The van der Waals surface area contributed by atoms with E-state index >= 15 is 0 Å². The number of unbranched alkanes of at least 4 members (excludes halogenated alkanes) is 2. The molecule has 0 bridgehead atoms. The van der Waals surface area contributed by atoms with E-state index in [1.54, 1.807) is 47.6 Å². The Labute approximate surface area is 243 Å². The summed E-state index contributed by atoms with van der Waals surface area (Å²) in [6.45, 7) is 10.7. The van der Waals surface area contributed by atoms with E-state index in [0.29, 0.717) is 24.8 Å². The number of hydrogen-bond donors (Lipinski definition) is 0. The standard InChI is InChI=1S/C33H44O8/c1-22(2)40-31(35)25(6)29(33(37)41-23(3)4)21-24(5)30(34)38-19-13-8-14-20-39-32(36)28-18-12-11-17-27(28)26-15-9-7-10-16-26/h7,9-12,15-18,22-25,29H,8,13-14,19-21H2,1-6H3. The van der Waals surface area contributed by atoms with Crippen LogP contribution < -0.4 is 0 Å². The lowest BCUT2D eigenvalue weighted by Crippen LogP contribution is -2.35. The lowest BCUT2D eigenvalue weighted by Gasteiger charge is -2.25. The number of carbonyl (C=O) groups excluding carboxylic acids is 4. The molecule has 0 aromatic heterocycles. The molecule has 2 rings (SSSR count). The van der Waals surface area contributed by atoms with Gasteiger partial charge in [0.15, 0.2) is 0 Å². The van der Waals surface area contributed by atoms with Gasteiger partial charge in [0.25, 0.3) is 0 Å². The highest BCUT2D eigenvalue weighted by atomic mass is 16.6. The van der Waals surface area contributed by atoms with Gasteiger partial charge < -0.3 is 18.9 Å². The highest BCUT2D eigenvalue weighted by molar-refractivity contribution is 5.97. The minimum absolute atomic E-state index is 0.110. The van der Waals surface area contributed by atoms with Gasteiger partial charge in [0.2, 0.25) is 0 Å². The summed E-state index contributed by atoms with van der Waals surface area (Å²) in [6, 6.07) is 17.0. The van der Waals surface area contributed by atoms with Crippen LogP contribution in [-0.2, 0) is 33.3 Å². The molecule has 0 radical (unpaired) electrons. The predicted molar refractivity (Wildman–Crippen MR) is 156 cm³/mol. The Bertz CT molecular complexity index is 1130. The van der Waals surface area contributed by atoms with Gasteiger partial charge in [-0.3, -0.25) is 14.4 Å². The Kier molecular flexibility index (Phi) is 14.1. The summed E-state index contributed by atoms with van der Waals surface area (Å²) in [5, 5.41) is 0. The molecule has 41 heavy (non-hydrogen) atoms. The molecule has 3 unspecified atom stereocenters. The van der Waals surface area contributed by atoms with Crippen LogP contribution in [-0.4, -0.2) is 49.3 Å². The first-order valence-corrected chi connectivity index (χ1v) is 14.4. The second kappa shape index (κ2) is 17.2. The molecule has 0 aliphatic rings. The molecule has 2 aromatic rings. The zero-order valence-electron chi connectivity index (χ0n) is 25.1. The lowest BCUT2D eigenvalue weighted by molar-refractivity contribution is -0.166. The fourth-order valence-electron chi connectivity index (χ4n) is 4.27. The van der Waals surface area contributed by atoms with Crippen molar-refractivity contribution in [3.63, 3.8) is 0 Å². The van der Waals surface area contributed by atoms with Gasteiger partial charge in [0.05, 0.1) is 48.7 Å². The minimum Gasteiger partial charge on any atom is -0.465 e. The van der Waals surface area contributed by atoms with E-state index in [0.717, 1.165) is 11.1 Å². The number of carbonyl (C=O) groups is 4. The van der Waals surface area contributed by atoms with Crippen LogP contribution >= 0.6 is 0 Å². The van der Waals surface area contributed by atoms with Crippen molar-refractivity contribution in [2.45, 2.75) is 79.4 Å². The molecule has 8 nitrogen and oxygen atoms in total. The normalized spacial score (nSPS) is 13.3. The third kappa shape index (κ3) is 11.4. The molecule has 0 amide bonds. The number of hydrogen-bond acceptors (Lipinski definition) is 8. The quantitative estimate of drug-likeness (QED) is 0.130. The van der Waals surface area contributed by atoms with Crippen LogP contribution in [0.2, 0.25) is 0 Å². The number of rotatable bonds is 16. The van der Waals surface area contributed by atoms with E-state index in [4.69, 9.17) is 18.9 Å². The van der Waals surface area contributed by atoms with Gasteiger partial charge in [-0.05, 0) is 70.6 Å². The molecule has 2 aromatic carbocycles. The van der Waals surface area contributed by atoms with Crippen LogP contribution in [0.1, 0.15) is 77.6 Å². The molecule has 0 fully saturated rings. The van der Waals surface area contributed by atoms with Gasteiger partial charge in [0.1, 0.15) is 0 Å². The smallest absolute Gasteiger partial charge is 0.338 e. The molecule has 8 heteroatoms. The zero-order valence-corrected chi connectivity index (χ0v) is 25.1. The van der Waals surface area contributed by atoms with Crippen molar-refractivity contribution in [2.75, 3.05) is 13.2 Å². The van der Waals surface area contributed by atoms with Crippen molar-refractivity contribution >= 4 is 23.9 Å².